The Balaban J connectivity index is 1.64. The van der Waals surface area contributed by atoms with Crippen LogP contribution in [-0.4, -0.2) is 11.3 Å². The van der Waals surface area contributed by atoms with Crippen molar-refractivity contribution >= 4 is 24.2 Å². The van der Waals surface area contributed by atoms with E-state index in [4.69, 9.17) is 16.3 Å². The molecule has 3 rings (SSSR count). The monoisotopic (exact) mass is 440 g/mol. The highest BCUT2D eigenvalue weighted by Gasteiger charge is 2.31. The van der Waals surface area contributed by atoms with Gasteiger partial charge >= 0.3 is 6.36 Å². The molecule has 152 valence electrons. The fourth-order valence-electron chi connectivity index (χ4n) is 2.53. The summed E-state index contributed by atoms with van der Waals surface area (Å²) >= 11 is 10.5. The molecule has 0 fully saturated rings. The minimum atomic E-state index is -4.76. The Morgan fingerprint density at radius 3 is 2.41 bits per heavy atom. The van der Waals surface area contributed by atoms with Gasteiger partial charge in [0.15, 0.2) is 0 Å². The maximum atomic E-state index is 12.4. The van der Waals surface area contributed by atoms with Crippen LogP contribution in [0.3, 0.4) is 0 Å². The van der Waals surface area contributed by atoms with Gasteiger partial charge in [0.05, 0.1) is 6.20 Å². The molecular formula is C20H16ClF3N2O2S. The van der Waals surface area contributed by atoms with Crippen molar-refractivity contribution < 1.29 is 22.6 Å². The Bertz CT molecular complexity index is 972. The highest BCUT2D eigenvalue weighted by Crippen LogP contribution is 2.28. The maximum Gasteiger partial charge on any atom is 0.573 e. The Kier molecular flexibility index (Phi) is 6.89. The predicted octanol–water partition coefficient (Wildman–Crippen LogP) is 6.00. The van der Waals surface area contributed by atoms with E-state index in [9.17, 15) is 13.2 Å². The van der Waals surface area contributed by atoms with Crippen molar-refractivity contribution in [2.24, 2.45) is 0 Å². The van der Waals surface area contributed by atoms with Gasteiger partial charge in [0.25, 0.3) is 0 Å². The van der Waals surface area contributed by atoms with Gasteiger partial charge in [-0.05, 0) is 59.7 Å². The summed E-state index contributed by atoms with van der Waals surface area (Å²) in [6.45, 7) is 0.651. The van der Waals surface area contributed by atoms with Crippen LogP contribution < -0.4 is 14.8 Å². The molecule has 29 heavy (non-hydrogen) atoms. The van der Waals surface area contributed by atoms with Crippen LogP contribution in [0.15, 0.2) is 65.8 Å². The molecule has 0 atom stereocenters. The lowest BCUT2D eigenvalue weighted by Gasteiger charge is -2.13. The van der Waals surface area contributed by atoms with Crippen LogP contribution in [-0.2, 0) is 13.1 Å². The first-order valence-corrected chi connectivity index (χ1v) is 9.27. The summed E-state index contributed by atoms with van der Waals surface area (Å²) in [5.41, 5.74) is 1.34. The molecule has 1 aromatic heterocycles. The zero-order valence-corrected chi connectivity index (χ0v) is 16.6. The first kappa shape index (κ1) is 21.3. The molecule has 3 aromatic rings. The molecule has 1 N–H and O–H groups in total. The van der Waals surface area contributed by atoms with Crippen LogP contribution in [0.2, 0.25) is 5.02 Å². The molecule has 0 radical (unpaired) electrons. The zero-order chi connectivity index (χ0) is 20.9. The molecule has 9 heteroatoms. The number of benzene rings is 2. The van der Waals surface area contributed by atoms with Crippen molar-refractivity contribution in [3.63, 3.8) is 0 Å². The van der Waals surface area contributed by atoms with Crippen molar-refractivity contribution in [2.75, 3.05) is 0 Å². The van der Waals surface area contributed by atoms with Crippen LogP contribution in [0.4, 0.5) is 13.2 Å². The smallest absolute Gasteiger partial charge is 0.456 e. The van der Waals surface area contributed by atoms with E-state index in [1.54, 1.807) is 36.7 Å². The normalized spacial score (nSPS) is 11.3. The van der Waals surface area contributed by atoms with Crippen molar-refractivity contribution in [3.8, 4) is 17.2 Å². The molecule has 0 spiro atoms. The topological polar surface area (TPSA) is 43.4 Å². The third-order valence-corrected chi connectivity index (χ3v) is 4.61. The Hall–Kier alpha value is -2.42. The summed E-state index contributed by atoms with van der Waals surface area (Å²) in [4.78, 5) is 4.74. The lowest BCUT2D eigenvalue weighted by Crippen LogP contribution is -2.18. The number of pyridine rings is 1. The predicted molar refractivity (Wildman–Crippen MR) is 107 cm³/mol. The van der Waals surface area contributed by atoms with E-state index in [1.807, 2.05) is 6.07 Å². The molecule has 0 saturated heterocycles. The van der Waals surface area contributed by atoms with Crippen LogP contribution in [0.25, 0.3) is 0 Å². The minimum Gasteiger partial charge on any atom is -0.456 e. The fraction of sp³-hybridized carbons (Fsp3) is 0.150. The number of thiol groups is 1. The highest BCUT2D eigenvalue weighted by atomic mass is 35.5. The standard InChI is InChI=1S/C20H16ClF3N2O2S/c21-18-5-3-16(28-20(22,23)24)8-13(18)10-26-11-14-9-15(4-6-19(14)29)27-17-2-1-7-25-12-17/h1-9,12,26,29H,10-11H2. The van der Waals surface area contributed by atoms with E-state index in [2.05, 4.69) is 27.7 Å². The molecule has 0 amide bonds. The summed E-state index contributed by atoms with van der Waals surface area (Å²) < 4.78 is 46.9. The van der Waals surface area contributed by atoms with Crippen molar-refractivity contribution in [1.29, 1.82) is 0 Å². The molecule has 1 heterocycles. The first-order chi connectivity index (χ1) is 13.8. The number of halogens is 4. The largest absolute Gasteiger partial charge is 0.573 e. The number of rotatable bonds is 7. The van der Waals surface area contributed by atoms with Gasteiger partial charge in [-0.3, -0.25) is 4.98 Å². The number of aromatic nitrogens is 1. The van der Waals surface area contributed by atoms with Crippen LogP contribution in [0.1, 0.15) is 11.1 Å². The molecule has 0 aliphatic rings. The van der Waals surface area contributed by atoms with Gasteiger partial charge in [-0.2, -0.15) is 0 Å². The Morgan fingerprint density at radius 1 is 0.966 bits per heavy atom. The fourth-order valence-corrected chi connectivity index (χ4v) is 2.93. The van der Waals surface area contributed by atoms with Crippen LogP contribution >= 0.6 is 24.2 Å². The maximum absolute atomic E-state index is 12.4. The van der Waals surface area contributed by atoms with Crippen molar-refractivity contribution in [3.05, 3.63) is 77.1 Å². The van der Waals surface area contributed by atoms with E-state index in [0.717, 1.165) is 10.5 Å². The zero-order valence-electron chi connectivity index (χ0n) is 14.9. The van der Waals surface area contributed by atoms with E-state index in [0.29, 0.717) is 28.6 Å². The number of hydrogen-bond donors (Lipinski definition) is 2. The van der Waals surface area contributed by atoms with Gasteiger partial charge in [0.1, 0.15) is 17.2 Å². The quantitative estimate of drug-likeness (QED) is 0.442. The van der Waals surface area contributed by atoms with Crippen LogP contribution in [0, 0.1) is 0 Å². The number of alkyl halides is 3. The number of nitrogens with zero attached hydrogens (tertiary/aromatic N) is 1. The van der Waals surface area contributed by atoms with Gasteiger partial charge < -0.3 is 14.8 Å². The summed E-state index contributed by atoms with van der Waals surface area (Å²) in [5.74, 6) is 0.901. The van der Waals surface area contributed by atoms with E-state index in [-0.39, 0.29) is 12.3 Å². The van der Waals surface area contributed by atoms with Gasteiger partial charge in [-0.15, -0.1) is 25.8 Å². The summed E-state index contributed by atoms with van der Waals surface area (Å²) in [5, 5.41) is 3.48. The van der Waals surface area contributed by atoms with Crippen molar-refractivity contribution in [1.82, 2.24) is 10.3 Å². The summed E-state index contributed by atoms with van der Waals surface area (Å²) in [6, 6.07) is 12.8. The second kappa shape index (κ2) is 9.39. The molecule has 0 bridgehead atoms. The highest BCUT2D eigenvalue weighted by molar-refractivity contribution is 7.80. The Morgan fingerprint density at radius 2 is 1.69 bits per heavy atom. The van der Waals surface area contributed by atoms with E-state index < -0.39 is 6.36 Å². The summed E-state index contributed by atoms with van der Waals surface area (Å²) in [6.07, 6.45) is -1.50. The average Bonchev–Trinajstić information content (AvgIpc) is 2.66. The lowest BCUT2D eigenvalue weighted by atomic mass is 10.2. The molecule has 0 aliphatic heterocycles. The number of hydrogen-bond acceptors (Lipinski definition) is 5. The van der Waals surface area contributed by atoms with Gasteiger partial charge in [0.2, 0.25) is 0 Å². The second-order valence-electron chi connectivity index (χ2n) is 5.99. The molecule has 0 saturated carbocycles. The molecule has 0 aliphatic carbocycles. The minimum absolute atomic E-state index is 0.245. The Labute approximate surface area is 176 Å². The molecular weight excluding hydrogens is 425 g/mol. The van der Waals surface area contributed by atoms with Crippen molar-refractivity contribution in [2.45, 2.75) is 24.3 Å². The van der Waals surface area contributed by atoms with Gasteiger partial charge in [-0.1, -0.05) is 11.6 Å². The van der Waals surface area contributed by atoms with Gasteiger partial charge in [-0.25, -0.2) is 0 Å². The summed E-state index contributed by atoms with van der Waals surface area (Å²) in [7, 11) is 0. The average molecular weight is 441 g/mol. The van der Waals surface area contributed by atoms with Crippen LogP contribution in [0.5, 0.6) is 17.2 Å². The molecule has 4 nitrogen and oxygen atoms in total. The third kappa shape index (κ3) is 6.56. The first-order valence-electron chi connectivity index (χ1n) is 8.45. The van der Waals surface area contributed by atoms with E-state index >= 15 is 0 Å². The van der Waals surface area contributed by atoms with Gasteiger partial charge in [0, 0.05) is 29.2 Å². The third-order valence-electron chi connectivity index (χ3n) is 3.80. The number of ether oxygens (including phenoxy) is 2. The lowest BCUT2D eigenvalue weighted by molar-refractivity contribution is -0.274. The molecule has 2 aromatic carbocycles. The number of nitrogens with one attached hydrogen (secondary N) is 1. The van der Waals surface area contributed by atoms with E-state index in [1.165, 1.54) is 18.2 Å². The second-order valence-corrected chi connectivity index (χ2v) is 6.87. The molecule has 0 unspecified atom stereocenters. The SMILES string of the molecule is FC(F)(F)Oc1ccc(Cl)c(CNCc2cc(Oc3cccnc3)ccc2S)c1.